The highest BCUT2D eigenvalue weighted by molar-refractivity contribution is 6.30. The Morgan fingerprint density at radius 3 is 2.74 bits per heavy atom. The van der Waals surface area contributed by atoms with Gasteiger partial charge >= 0.3 is 0 Å². The van der Waals surface area contributed by atoms with Crippen molar-refractivity contribution in [2.24, 2.45) is 0 Å². The number of carbonyl (C=O) groups is 1. The molecule has 1 aliphatic carbocycles. The first-order valence-corrected chi connectivity index (χ1v) is 9.37. The highest BCUT2D eigenvalue weighted by atomic mass is 35.5. The van der Waals surface area contributed by atoms with Crippen molar-refractivity contribution in [1.29, 1.82) is 0 Å². The van der Waals surface area contributed by atoms with Crippen LogP contribution in [-0.2, 0) is 10.2 Å². The van der Waals surface area contributed by atoms with Crippen LogP contribution in [0.5, 0.6) is 0 Å². The number of hydrogen-bond donors (Lipinski definition) is 1. The number of likely N-dealkylation sites (tertiary alicyclic amines) is 1. The van der Waals surface area contributed by atoms with Crippen LogP contribution >= 0.6 is 11.6 Å². The number of amides is 1. The minimum atomic E-state index is -0.339. The smallest absolute Gasteiger partial charge is 0.233 e. The zero-order chi connectivity index (χ0) is 15.9. The molecule has 3 nitrogen and oxygen atoms in total. The Morgan fingerprint density at radius 1 is 1.17 bits per heavy atom. The largest absolute Gasteiger partial charge is 0.340 e. The lowest BCUT2D eigenvalue weighted by atomic mass is 9.77. The molecule has 3 fully saturated rings. The van der Waals surface area contributed by atoms with Crippen LogP contribution in [0.2, 0.25) is 5.02 Å². The third kappa shape index (κ3) is 2.78. The number of nitrogens with zero attached hydrogens (tertiary/aromatic N) is 1. The summed E-state index contributed by atoms with van der Waals surface area (Å²) in [6.45, 7) is 1.77. The molecular weight excluding hydrogens is 308 g/mol. The molecule has 1 N–H and O–H groups in total. The van der Waals surface area contributed by atoms with Crippen LogP contribution in [0.25, 0.3) is 0 Å². The van der Waals surface area contributed by atoms with E-state index in [9.17, 15) is 4.79 Å². The number of nitrogens with one attached hydrogen (secondary N) is 1. The van der Waals surface area contributed by atoms with Gasteiger partial charge in [0.25, 0.3) is 0 Å². The Balaban J connectivity index is 1.63. The molecule has 0 aromatic heterocycles. The molecule has 3 aliphatic rings. The highest BCUT2D eigenvalue weighted by Gasteiger charge is 2.46. The third-order valence-corrected chi connectivity index (χ3v) is 6.29. The second kappa shape index (κ2) is 6.10. The van der Waals surface area contributed by atoms with E-state index < -0.39 is 0 Å². The van der Waals surface area contributed by atoms with Gasteiger partial charge < -0.3 is 10.2 Å². The van der Waals surface area contributed by atoms with E-state index in [-0.39, 0.29) is 5.41 Å². The molecule has 1 aromatic rings. The van der Waals surface area contributed by atoms with E-state index in [0.717, 1.165) is 55.8 Å². The Labute approximate surface area is 143 Å². The first-order valence-electron chi connectivity index (χ1n) is 8.99. The number of carbonyl (C=O) groups excluding carboxylic acids is 1. The summed E-state index contributed by atoms with van der Waals surface area (Å²) in [5.74, 6) is 0.339. The summed E-state index contributed by atoms with van der Waals surface area (Å²) >= 11 is 6.22. The van der Waals surface area contributed by atoms with Crippen LogP contribution in [0.4, 0.5) is 0 Å². The Morgan fingerprint density at radius 2 is 1.96 bits per heavy atom. The summed E-state index contributed by atoms with van der Waals surface area (Å²) in [6, 6.07) is 9.08. The van der Waals surface area contributed by atoms with Gasteiger partial charge in [0.1, 0.15) is 0 Å². The molecule has 2 heterocycles. The summed E-state index contributed by atoms with van der Waals surface area (Å²) in [6.07, 6.45) is 7.76. The van der Waals surface area contributed by atoms with E-state index >= 15 is 0 Å². The van der Waals surface area contributed by atoms with Crippen molar-refractivity contribution in [2.45, 2.75) is 62.4 Å². The Kier molecular flexibility index (Phi) is 4.10. The maximum absolute atomic E-state index is 13.5. The summed E-state index contributed by atoms with van der Waals surface area (Å²) in [7, 11) is 0. The third-order valence-electron chi connectivity index (χ3n) is 6.05. The van der Waals surface area contributed by atoms with E-state index in [1.165, 1.54) is 12.8 Å². The molecule has 4 heteroatoms. The monoisotopic (exact) mass is 332 g/mol. The molecule has 1 amide bonds. The predicted molar refractivity (Wildman–Crippen MR) is 92.7 cm³/mol. The van der Waals surface area contributed by atoms with Gasteiger partial charge in [-0.15, -0.1) is 0 Å². The molecule has 0 spiro atoms. The van der Waals surface area contributed by atoms with Crippen molar-refractivity contribution in [3.63, 3.8) is 0 Å². The van der Waals surface area contributed by atoms with Crippen LogP contribution in [0.3, 0.4) is 0 Å². The average Bonchev–Trinajstić information content (AvgIpc) is 3.14. The standard InChI is InChI=1S/C19H25ClN2O/c20-15-5-3-4-14(12-15)19(9-1-2-10-19)18(23)22-11-8-16-6-7-17(13-22)21-16/h3-5,12,16-17,21H,1-2,6-11,13H2. The molecule has 1 saturated carbocycles. The van der Waals surface area contributed by atoms with Gasteiger partial charge in [0.2, 0.25) is 5.91 Å². The topological polar surface area (TPSA) is 32.3 Å². The van der Waals surface area contributed by atoms with Gasteiger partial charge in [-0.05, 0) is 49.8 Å². The van der Waals surface area contributed by atoms with Crippen molar-refractivity contribution in [1.82, 2.24) is 10.2 Å². The molecule has 2 bridgehead atoms. The van der Waals surface area contributed by atoms with E-state index in [1.54, 1.807) is 0 Å². The minimum Gasteiger partial charge on any atom is -0.340 e. The van der Waals surface area contributed by atoms with E-state index in [1.807, 2.05) is 18.2 Å². The summed E-state index contributed by atoms with van der Waals surface area (Å²) in [4.78, 5) is 15.7. The van der Waals surface area contributed by atoms with E-state index in [2.05, 4.69) is 16.3 Å². The van der Waals surface area contributed by atoms with Crippen LogP contribution in [-0.4, -0.2) is 36.0 Å². The molecule has 124 valence electrons. The number of rotatable bonds is 2. The fraction of sp³-hybridized carbons (Fsp3) is 0.632. The van der Waals surface area contributed by atoms with Gasteiger partial charge in [-0.2, -0.15) is 0 Å². The zero-order valence-corrected chi connectivity index (χ0v) is 14.3. The van der Waals surface area contributed by atoms with Gasteiger partial charge in [0, 0.05) is 30.2 Å². The first-order chi connectivity index (χ1) is 11.2. The normalized spacial score (nSPS) is 29.5. The predicted octanol–water partition coefficient (Wildman–Crippen LogP) is 3.50. The highest BCUT2D eigenvalue weighted by Crippen LogP contribution is 2.43. The van der Waals surface area contributed by atoms with Gasteiger partial charge in [-0.3, -0.25) is 4.79 Å². The SMILES string of the molecule is O=C(N1CCC2CCC(C1)N2)C1(c2cccc(Cl)c2)CCCC1. The van der Waals surface area contributed by atoms with Crippen LogP contribution in [0, 0.1) is 0 Å². The average molecular weight is 333 g/mol. The van der Waals surface area contributed by atoms with Crippen LogP contribution in [0.15, 0.2) is 24.3 Å². The molecule has 2 aliphatic heterocycles. The number of hydrogen-bond acceptors (Lipinski definition) is 2. The molecule has 2 unspecified atom stereocenters. The molecule has 4 rings (SSSR count). The summed E-state index contributed by atoms with van der Waals surface area (Å²) in [5, 5.41) is 4.41. The van der Waals surface area contributed by atoms with E-state index in [4.69, 9.17) is 11.6 Å². The quantitative estimate of drug-likeness (QED) is 0.899. The molecule has 2 saturated heterocycles. The Bertz CT molecular complexity index is 597. The molecule has 23 heavy (non-hydrogen) atoms. The fourth-order valence-electron chi connectivity index (χ4n) is 4.82. The number of fused-ring (bicyclic) bond motifs is 2. The van der Waals surface area contributed by atoms with Crippen LogP contribution < -0.4 is 5.32 Å². The molecule has 0 radical (unpaired) electrons. The van der Waals surface area contributed by atoms with Gasteiger partial charge in [0.05, 0.1) is 5.41 Å². The fourth-order valence-corrected chi connectivity index (χ4v) is 5.01. The van der Waals surface area contributed by atoms with Crippen molar-refractivity contribution in [3.05, 3.63) is 34.9 Å². The van der Waals surface area contributed by atoms with Crippen LogP contribution in [0.1, 0.15) is 50.5 Å². The molecule has 1 aromatic carbocycles. The van der Waals surface area contributed by atoms with Gasteiger partial charge in [0.15, 0.2) is 0 Å². The summed E-state index contributed by atoms with van der Waals surface area (Å²) < 4.78 is 0. The van der Waals surface area contributed by atoms with Crippen molar-refractivity contribution in [2.75, 3.05) is 13.1 Å². The lowest BCUT2D eigenvalue weighted by molar-refractivity contribution is -0.137. The van der Waals surface area contributed by atoms with Gasteiger partial charge in [-0.1, -0.05) is 36.6 Å². The maximum Gasteiger partial charge on any atom is 0.233 e. The lowest BCUT2D eigenvalue weighted by Gasteiger charge is -2.35. The first kappa shape index (κ1) is 15.5. The second-order valence-corrected chi connectivity index (χ2v) is 7.91. The maximum atomic E-state index is 13.5. The minimum absolute atomic E-state index is 0.339. The van der Waals surface area contributed by atoms with Crippen molar-refractivity contribution in [3.8, 4) is 0 Å². The van der Waals surface area contributed by atoms with Gasteiger partial charge in [-0.25, -0.2) is 0 Å². The van der Waals surface area contributed by atoms with Crippen molar-refractivity contribution >= 4 is 17.5 Å². The van der Waals surface area contributed by atoms with E-state index in [0.29, 0.717) is 18.0 Å². The number of benzene rings is 1. The zero-order valence-electron chi connectivity index (χ0n) is 13.6. The second-order valence-electron chi connectivity index (χ2n) is 7.48. The molecule has 2 atom stereocenters. The Hall–Kier alpha value is -1.06. The summed E-state index contributed by atoms with van der Waals surface area (Å²) in [5.41, 5.74) is 0.781. The van der Waals surface area contributed by atoms with Crippen molar-refractivity contribution < 1.29 is 4.79 Å². The lowest BCUT2D eigenvalue weighted by Crippen LogP contribution is -2.48. The molecular formula is C19H25ClN2O. The number of halogens is 1.